The zero-order valence-corrected chi connectivity index (χ0v) is 8.18. The summed E-state index contributed by atoms with van der Waals surface area (Å²) in [6.45, 7) is 0. The maximum absolute atomic E-state index is 12.4. The second-order valence-electron chi connectivity index (χ2n) is 3.06. The first-order chi connectivity index (χ1) is 8.00. The van der Waals surface area contributed by atoms with Gasteiger partial charge in [-0.3, -0.25) is 0 Å². The summed E-state index contributed by atoms with van der Waals surface area (Å²) < 4.78 is 37.3. The Morgan fingerprint density at radius 2 is 2.06 bits per heavy atom. The molecular weight excluding hydrogens is 235 g/mol. The molecule has 2 rings (SSSR count). The minimum absolute atomic E-state index is 0.0915. The number of benzene rings is 1. The number of hydrogen-bond acceptors (Lipinski definition) is 4. The Bertz CT molecular complexity index is 581. The highest BCUT2D eigenvalue weighted by Crippen LogP contribution is 2.29. The molecule has 0 aliphatic rings. The first kappa shape index (κ1) is 11.1. The van der Waals surface area contributed by atoms with Gasteiger partial charge in [0.05, 0.1) is 11.3 Å². The van der Waals surface area contributed by atoms with Crippen LogP contribution >= 0.6 is 0 Å². The van der Waals surface area contributed by atoms with Gasteiger partial charge in [0.15, 0.2) is 0 Å². The summed E-state index contributed by atoms with van der Waals surface area (Å²) in [6.07, 6.45) is -4.44. The Morgan fingerprint density at radius 3 is 2.65 bits per heavy atom. The molecule has 0 radical (unpaired) electrons. The third kappa shape index (κ3) is 2.23. The van der Waals surface area contributed by atoms with Crippen LogP contribution in [0.15, 0.2) is 24.3 Å². The van der Waals surface area contributed by atoms with Crippen molar-refractivity contribution in [2.75, 3.05) is 0 Å². The van der Waals surface area contributed by atoms with Gasteiger partial charge in [-0.05, 0) is 23.4 Å². The predicted molar refractivity (Wildman–Crippen MR) is 48.9 cm³/mol. The van der Waals surface area contributed by atoms with E-state index in [1.807, 2.05) is 0 Å². The van der Waals surface area contributed by atoms with Crippen LogP contribution in [0.5, 0.6) is 0 Å². The topological polar surface area (TPSA) is 67.4 Å². The molecule has 5 nitrogen and oxygen atoms in total. The molecule has 1 aromatic heterocycles. The highest BCUT2D eigenvalue weighted by atomic mass is 19.4. The molecule has 0 saturated heterocycles. The SMILES string of the molecule is N#Cc1nnn(-c2cccc(C(F)(F)F)c2)n1. The average molecular weight is 239 g/mol. The van der Waals surface area contributed by atoms with Crippen LogP contribution in [0.2, 0.25) is 0 Å². The molecule has 86 valence electrons. The van der Waals surface area contributed by atoms with Crippen molar-refractivity contribution in [1.82, 2.24) is 20.2 Å². The van der Waals surface area contributed by atoms with Gasteiger partial charge in [-0.2, -0.15) is 18.4 Å². The highest BCUT2D eigenvalue weighted by molar-refractivity contribution is 5.35. The number of alkyl halides is 3. The second kappa shape index (κ2) is 3.86. The third-order valence-electron chi connectivity index (χ3n) is 1.92. The Labute approximate surface area is 93.1 Å². The number of hydrogen-bond donors (Lipinski definition) is 0. The largest absolute Gasteiger partial charge is 0.416 e. The summed E-state index contributed by atoms with van der Waals surface area (Å²) in [5.74, 6) is -0.206. The fraction of sp³-hybridized carbons (Fsp3) is 0.111. The van der Waals surface area contributed by atoms with Gasteiger partial charge in [0.25, 0.3) is 5.82 Å². The standard InChI is InChI=1S/C9H4F3N5/c10-9(11,12)6-2-1-3-7(4-6)17-15-8(5-13)14-16-17/h1-4H. The molecule has 0 fully saturated rings. The summed E-state index contributed by atoms with van der Waals surface area (Å²) in [7, 11) is 0. The van der Waals surface area contributed by atoms with Crippen LogP contribution in [0.1, 0.15) is 11.4 Å². The third-order valence-corrected chi connectivity index (χ3v) is 1.92. The normalized spacial score (nSPS) is 11.2. The number of halogens is 3. The van der Waals surface area contributed by atoms with Gasteiger partial charge in [-0.1, -0.05) is 11.2 Å². The lowest BCUT2D eigenvalue weighted by Crippen LogP contribution is -2.07. The molecule has 0 aliphatic carbocycles. The number of rotatable bonds is 1. The molecule has 0 atom stereocenters. The van der Waals surface area contributed by atoms with Crippen LogP contribution in [-0.4, -0.2) is 20.2 Å². The van der Waals surface area contributed by atoms with E-state index in [9.17, 15) is 13.2 Å². The van der Waals surface area contributed by atoms with Crippen molar-refractivity contribution in [3.05, 3.63) is 35.7 Å². The average Bonchev–Trinajstić information content (AvgIpc) is 2.76. The van der Waals surface area contributed by atoms with Crippen molar-refractivity contribution in [3.63, 3.8) is 0 Å². The summed E-state index contributed by atoms with van der Waals surface area (Å²) in [5, 5.41) is 18.9. The zero-order chi connectivity index (χ0) is 12.5. The van der Waals surface area contributed by atoms with E-state index in [0.29, 0.717) is 0 Å². The summed E-state index contributed by atoms with van der Waals surface area (Å²) >= 11 is 0. The van der Waals surface area contributed by atoms with Crippen molar-refractivity contribution < 1.29 is 13.2 Å². The molecule has 0 amide bonds. The van der Waals surface area contributed by atoms with Crippen LogP contribution in [0, 0.1) is 11.3 Å². The number of nitrogens with zero attached hydrogens (tertiary/aromatic N) is 5. The first-order valence-corrected chi connectivity index (χ1v) is 4.38. The Hall–Kier alpha value is -2.43. The molecule has 1 aromatic carbocycles. The molecule has 1 heterocycles. The molecule has 0 unspecified atom stereocenters. The van der Waals surface area contributed by atoms with Crippen LogP contribution in [0.3, 0.4) is 0 Å². The molecule has 0 bridgehead atoms. The van der Waals surface area contributed by atoms with Crippen molar-refractivity contribution in [2.45, 2.75) is 6.18 Å². The monoisotopic (exact) mass is 239 g/mol. The molecule has 0 spiro atoms. The number of nitriles is 1. The number of tetrazole rings is 1. The lowest BCUT2D eigenvalue weighted by Gasteiger charge is -2.07. The minimum Gasteiger partial charge on any atom is -0.189 e. The molecule has 0 aliphatic heterocycles. The van der Waals surface area contributed by atoms with Gasteiger partial charge in [-0.25, -0.2) is 0 Å². The van der Waals surface area contributed by atoms with Crippen molar-refractivity contribution in [3.8, 4) is 11.8 Å². The maximum atomic E-state index is 12.4. The second-order valence-corrected chi connectivity index (χ2v) is 3.06. The molecule has 0 saturated carbocycles. The summed E-state index contributed by atoms with van der Waals surface area (Å²) in [6, 6.07) is 6.06. The van der Waals surface area contributed by atoms with Crippen LogP contribution in [0.4, 0.5) is 13.2 Å². The molecule has 17 heavy (non-hydrogen) atoms. The van der Waals surface area contributed by atoms with E-state index in [1.54, 1.807) is 6.07 Å². The van der Waals surface area contributed by atoms with E-state index in [1.165, 1.54) is 12.1 Å². The van der Waals surface area contributed by atoms with Crippen molar-refractivity contribution in [2.24, 2.45) is 0 Å². The first-order valence-electron chi connectivity index (χ1n) is 4.38. The maximum Gasteiger partial charge on any atom is 0.416 e. The smallest absolute Gasteiger partial charge is 0.189 e. The molecule has 0 N–H and O–H groups in total. The van der Waals surface area contributed by atoms with Gasteiger partial charge in [0, 0.05) is 0 Å². The van der Waals surface area contributed by atoms with Crippen molar-refractivity contribution in [1.29, 1.82) is 5.26 Å². The fourth-order valence-corrected chi connectivity index (χ4v) is 1.18. The van der Waals surface area contributed by atoms with Gasteiger partial charge in [0.1, 0.15) is 6.07 Å². The zero-order valence-electron chi connectivity index (χ0n) is 8.18. The Morgan fingerprint density at radius 1 is 1.29 bits per heavy atom. The van der Waals surface area contributed by atoms with Gasteiger partial charge in [0.2, 0.25) is 0 Å². The Balaban J connectivity index is 2.44. The van der Waals surface area contributed by atoms with Crippen LogP contribution in [0.25, 0.3) is 5.69 Å². The Kier molecular flexibility index (Phi) is 2.51. The van der Waals surface area contributed by atoms with Crippen LogP contribution < -0.4 is 0 Å². The fourth-order valence-electron chi connectivity index (χ4n) is 1.18. The quantitative estimate of drug-likeness (QED) is 0.757. The van der Waals surface area contributed by atoms with E-state index in [0.717, 1.165) is 16.9 Å². The number of aromatic nitrogens is 4. The van der Waals surface area contributed by atoms with E-state index >= 15 is 0 Å². The highest BCUT2D eigenvalue weighted by Gasteiger charge is 2.30. The van der Waals surface area contributed by atoms with Crippen molar-refractivity contribution >= 4 is 0 Å². The lowest BCUT2D eigenvalue weighted by atomic mass is 10.2. The van der Waals surface area contributed by atoms with Gasteiger partial charge < -0.3 is 0 Å². The summed E-state index contributed by atoms with van der Waals surface area (Å²) in [5.41, 5.74) is -0.723. The van der Waals surface area contributed by atoms with Gasteiger partial charge >= 0.3 is 6.18 Å². The lowest BCUT2D eigenvalue weighted by molar-refractivity contribution is -0.137. The molecular formula is C9H4F3N5. The van der Waals surface area contributed by atoms with Crippen LogP contribution in [-0.2, 0) is 6.18 Å². The van der Waals surface area contributed by atoms with E-state index < -0.39 is 11.7 Å². The predicted octanol–water partition coefficient (Wildman–Crippen LogP) is 1.55. The summed E-state index contributed by atoms with van der Waals surface area (Å²) in [4.78, 5) is 0.869. The van der Waals surface area contributed by atoms with E-state index in [-0.39, 0.29) is 11.5 Å². The minimum atomic E-state index is -4.44. The molecule has 2 aromatic rings. The van der Waals surface area contributed by atoms with E-state index in [2.05, 4.69) is 15.4 Å². The van der Waals surface area contributed by atoms with Gasteiger partial charge in [-0.15, -0.1) is 9.90 Å². The molecule has 8 heteroatoms. The van der Waals surface area contributed by atoms with E-state index in [4.69, 9.17) is 5.26 Å².